The van der Waals surface area contributed by atoms with Crippen LogP contribution in [0.5, 0.6) is 0 Å². The van der Waals surface area contributed by atoms with Crippen LogP contribution in [0.4, 0.5) is 8.78 Å². The Labute approximate surface area is 127 Å². The topological polar surface area (TPSA) is 41.1 Å². The van der Waals surface area contributed by atoms with Gasteiger partial charge < -0.3 is 5.32 Å². The maximum atomic E-state index is 13.2. The number of halogens is 2. The zero-order valence-electron chi connectivity index (χ0n) is 12.3. The maximum absolute atomic E-state index is 13.2. The summed E-state index contributed by atoms with van der Waals surface area (Å²) in [5.74, 6) is -3.18. The first-order valence-corrected chi connectivity index (χ1v) is 7.35. The first-order valence-electron chi connectivity index (χ1n) is 7.35. The Morgan fingerprint density at radius 3 is 2.73 bits per heavy atom. The van der Waals surface area contributed by atoms with E-state index in [-0.39, 0.29) is 11.9 Å². The molecule has 2 N–H and O–H groups in total. The number of nitrogens with one attached hydrogen (secondary N) is 2. The average Bonchev–Trinajstić information content (AvgIpc) is 2.87. The fourth-order valence-corrected chi connectivity index (χ4v) is 2.92. The molecule has 2 aromatic rings. The molecule has 0 radical (unpaired) electrons. The van der Waals surface area contributed by atoms with Gasteiger partial charge in [-0.05, 0) is 23.3 Å². The van der Waals surface area contributed by atoms with Crippen LogP contribution in [0, 0.1) is 0 Å². The van der Waals surface area contributed by atoms with Gasteiger partial charge in [0.15, 0.2) is 0 Å². The van der Waals surface area contributed by atoms with Gasteiger partial charge in [-0.25, -0.2) is 8.78 Å². The lowest BCUT2D eigenvalue weighted by Crippen LogP contribution is -2.41. The Hall–Kier alpha value is -2.01. The molecule has 1 fully saturated rings. The molecule has 2 unspecified atom stereocenters. The van der Waals surface area contributed by atoms with Crippen LogP contribution in [-0.2, 0) is 4.79 Å². The van der Waals surface area contributed by atoms with Crippen molar-refractivity contribution in [1.29, 1.82) is 0 Å². The van der Waals surface area contributed by atoms with Gasteiger partial charge in [-0.3, -0.25) is 10.1 Å². The number of hydrogen-bond acceptors (Lipinski definition) is 2. The molecule has 1 heterocycles. The van der Waals surface area contributed by atoms with Gasteiger partial charge >= 0.3 is 0 Å². The molecule has 0 saturated carbocycles. The molecule has 22 heavy (non-hydrogen) atoms. The van der Waals surface area contributed by atoms with Crippen LogP contribution in [0.25, 0.3) is 10.8 Å². The number of amides is 1. The van der Waals surface area contributed by atoms with Crippen molar-refractivity contribution in [3.05, 3.63) is 48.0 Å². The van der Waals surface area contributed by atoms with E-state index in [1.54, 1.807) is 0 Å². The van der Waals surface area contributed by atoms with Crippen molar-refractivity contribution in [3.63, 3.8) is 0 Å². The minimum absolute atomic E-state index is 0.241. The molecule has 1 aliphatic heterocycles. The Kier molecular flexibility index (Phi) is 3.83. The van der Waals surface area contributed by atoms with E-state index < -0.39 is 24.9 Å². The third-order valence-electron chi connectivity index (χ3n) is 4.07. The van der Waals surface area contributed by atoms with E-state index in [0.29, 0.717) is 0 Å². The Morgan fingerprint density at radius 1 is 1.27 bits per heavy atom. The second-order valence-corrected chi connectivity index (χ2v) is 5.79. The van der Waals surface area contributed by atoms with E-state index in [4.69, 9.17) is 0 Å². The average molecular weight is 304 g/mol. The van der Waals surface area contributed by atoms with Crippen LogP contribution in [-0.4, -0.2) is 24.4 Å². The van der Waals surface area contributed by atoms with Crippen molar-refractivity contribution >= 4 is 16.7 Å². The predicted molar refractivity (Wildman–Crippen MR) is 81.9 cm³/mol. The Balaban J connectivity index is 1.76. The first kappa shape index (κ1) is 14.9. The molecule has 1 aliphatic rings. The maximum Gasteiger partial charge on any atom is 0.262 e. The summed E-state index contributed by atoms with van der Waals surface area (Å²) in [6.45, 7) is 1.43. The quantitative estimate of drug-likeness (QED) is 0.915. The monoisotopic (exact) mass is 304 g/mol. The summed E-state index contributed by atoms with van der Waals surface area (Å²) in [5, 5.41) is 7.56. The molecule has 1 amide bonds. The SMILES string of the molecule is CC(NC(=O)C1CC(F)(F)CN1)c1cccc2ccccc12. The molecule has 3 nitrogen and oxygen atoms in total. The Morgan fingerprint density at radius 2 is 2.00 bits per heavy atom. The highest BCUT2D eigenvalue weighted by atomic mass is 19.3. The van der Waals surface area contributed by atoms with Gasteiger partial charge in [0.25, 0.3) is 5.92 Å². The molecular weight excluding hydrogens is 286 g/mol. The fraction of sp³-hybridized carbons (Fsp3) is 0.353. The summed E-state index contributed by atoms with van der Waals surface area (Å²) in [4.78, 5) is 12.1. The van der Waals surface area contributed by atoms with Gasteiger partial charge in [-0.2, -0.15) is 0 Å². The van der Waals surface area contributed by atoms with Crippen LogP contribution >= 0.6 is 0 Å². The highest BCUT2D eigenvalue weighted by molar-refractivity contribution is 5.87. The number of benzene rings is 2. The number of carbonyl (C=O) groups is 1. The van der Waals surface area contributed by atoms with Crippen molar-refractivity contribution in [3.8, 4) is 0 Å². The van der Waals surface area contributed by atoms with Crippen LogP contribution in [0.3, 0.4) is 0 Å². The van der Waals surface area contributed by atoms with Gasteiger partial charge in [-0.15, -0.1) is 0 Å². The number of rotatable bonds is 3. The van der Waals surface area contributed by atoms with Crippen LogP contribution in [0.2, 0.25) is 0 Å². The van der Waals surface area contributed by atoms with E-state index in [0.717, 1.165) is 16.3 Å². The summed E-state index contributed by atoms with van der Waals surface area (Å²) in [7, 11) is 0. The zero-order valence-corrected chi connectivity index (χ0v) is 12.3. The molecular formula is C17H18F2N2O. The lowest BCUT2D eigenvalue weighted by atomic mass is 9.99. The van der Waals surface area contributed by atoms with Crippen molar-refractivity contribution in [2.24, 2.45) is 0 Å². The zero-order chi connectivity index (χ0) is 15.7. The number of hydrogen-bond donors (Lipinski definition) is 2. The normalized spacial score (nSPS) is 21.7. The fourth-order valence-electron chi connectivity index (χ4n) is 2.92. The van der Waals surface area contributed by atoms with Gasteiger partial charge in [0, 0.05) is 6.42 Å². The second kappa shape index (κ2) is 5.65. The molecule has 0 spiro atoms. The predicted octanol–water partition coefficient (Wildman–Crippen LogP) is 3.01. The number of fused-ring (bicyclic) bond motifs is 1. The van der Waals surface area contributed by atoms with Crippen LogP contribution in [0.1, 0.15) is 24.9 Å². The van der Waals surface area contributed by atoms with E-state index in [1.165, 1.54) is 0 Å². The van der Waals surface area contributed by atoms with Gasteiger partial charge in [0.1, 0.15) is 0 Å². The van der Waals surface area contributed by atoms with E-state index in [1.807, 2.05) is 49.4 Å². The lowest BCUT2D eigenvalue weighted by molar-refractivity contribution is -0.124. The van der Waals surface area contributed by atoms with Crippen molar-refractivity contribution in [2.45, 2.75) is 31.4 Å². The van der Waals surface area contributed by atoms with E-state index in [2.05, 4.69) is 10.6 Å². The molecule has 2 atom stereocenters. The van der Waals surface area contributed by atoms with Gasteiger partial charge in [0.05, 0.1) is 18.6 Å². The summed E-state index contributed by atoms with van der Waals surface area (Å²) >= 11 is 0. The molecule has 3 rings (SSSR count). The smallest absolute Gasteiger partial charge is 0.262 e. The Bertz CT molecular complexity index is 697. The minimum Gasteiger partial charge on any atom is -0.348 e. The molecule has 0 aliphatic carbocycles. The van der Waals surface area contributed by atoms with Gasteiger partial charge in [0.2, 0.25) is 5.91 Å². The van der Waals surface area contributed by atoms with Crippen LogP contribution < -0.4 is 10.6 Å². The first-order chi connectivity index (χ1) is 10.5. The lowest BCUT2D eigenvalue weighted by Gasteiger charge is -2.19. The number of carbonyl (C=O) groups excluding carboxylic acids is 1. The van der Waals surface area contributed by atoms with Gasteiger partial charge in [-0.1, -0.05) is 42.5 Å². The summed E-state index contributed by atoms with van der Waals surface area (Å²) < 4.78 is 26.4. The minimum atomic E-state index is -2.80. The van der Waals surface area contributed by atoms with Crippen LogP contribution in [0.15, 0.2) is 42.5 Å². The molecule has 116 valence electrons. The standard InChI is InChI=1S/C17H18F2N2O/c1-11(21-16(22)15-9-17(18,19)10-20-15)13-8-4-6-12-5-2-3-7-14(12)13/h2-8,11,15,20H,9-10H2,1H3,(H,21,22). The highest BCUT2D eigenvalue weighted by Gasteiger charge is 2.42. The van der Waals surface area contributed by atoms with E-state index in [9.17, 15) is 13.6 Å². The third-order valence-corrected chi connectivity index (χ3v) is 4.07. The van der Waals surface area contributed by atoms with Crippen molar-refractivity contribution in [1.82, 2.24) is 10.6 Å². The molecule has 1 saturated heterocycles. The summed E-state index contributed by atoms with van der Waals surface area (Å²) in [5.41, 5.74) is 0.983. The van der Waals surface area contributed by atoms with Crippen molar-refractivity contribution < 1.29 is 13.6 Å². The molecule has 2 aromatic carbocycles. The third kappa shape index (κ3) is 2.95. The number of alkyl halides is 2. The largest absolute Gasteiger partial charge is 0.348 e. The summed E-state index contributed by atoms with van der Waals surface area (Å²) in [6.07, 6.45) is -0.443. The second-order valence-electron chi connectivity index (χ2n) is 5.79. The molecule has 5 heteroatoms. The summed E-state index contributed by atoms with van der Waals surface area (Å²) in [6, 6.07) is 12.7. The van der Waals surface area contributed by atoms with Crippen molar-refractivity contribution in [2.75, 3.05) is 6.54 Å². The van der Waals surface area contributed by atoms with E-state index >= 15 is 0 Å². The molecule has 0 aromatic heterocycles. The molecule has 0 bridgehead atoms. The highest BCUT2D eigenvalue weighted by Crippen LogP contribution is 2.27.